The Morgan fingerprint density at radius 1 is 1.33 bits per heavy atom. The van der Waals surface area contributed by atoms with E-state index in [4.69, 9.17) is 0 Å². The van der Waals surface area contributed by atoms with Crippen LogP contribution in [0, 0.1) is 23.2 Å². The first-order valence-corrected chi connectivity index (χ1v) is 10.6. The van der Waals surface area contributed by atoms with Gasteiger partial charge in [-0.15, -0.1) is 0 Å². The Balaban J connectivity index is 1.57. The summed E-state index contributed by atoms with van der Waals surface area (Å²) >= 11 is 0. The van der Waals surface area contributed by atoms with Crippen LogP contribution in [0.4, 0.5) is 0 Å². The number of aliphatic hydroxyl groups is 1. The van der Waals surface area contributed by atoms with Gasteiger partial charge in [-0.2, -0.15) is 0 Å². The topological polar surface area (TPSA) is 60.8 Å². The van der Waals surface area contributed by atoms with Gasteiger partial charge < -0.3 is 15.1 Å². The first-order valence-electron chi connectivity index (χ1n) is 10.6. The summed E-state index contributed by atoms with van der Waals surface area (Å²) in [7, 11) is 1.85. The lowest BCUT2D eigenvalue weighted by Crippen LogP contribution is -2.44. The molecule has 0 aromatic heterocycles. The SMILES string of the molecule is CCN(C)C(=O)CC1C[C@H]2[C@@H]3CCc4cc(O)ccc4[C@H]3CC[C@]2(C)[C@H]1O. The molecule has 2 fully saturated rings. The molecular weight excluding hydrogens is 338 g/mol. The van der Waals surface area contributed by atoms with Crippen LogP contribution >= 0.6 is 0 Å². The molecule has 4 nitrogen and oxygen atoms in total. The van der Waals surface area contributed by atoms with Gasteiger partial charge in [-0.3, -0.25) is 4.79 Å². The standard InChI is InChI=1S/C23H33NO3/c1-4-24(3)21(26)13-15-12-20-19-7-5-14-11-16(25)6-8-17(14)18(19)9-10-23(20,2)22(15)27/h6,8,11,15,18-20,22,25,27H,4-5,7,9-10,12-13H2,1-3H3/t15?,18-,19-,20+,22+,23+/m1/s1. The Kier molecular flexibility index (Phi) is 4.74. The third kappa shape index (κ3) is 2.97. The van der Waals surface area contributed by atoms with E-state index in [0.29, 0.717) is 29.9 Å². The number of carbonyl (C=O) groups is 1. The summed E-state index contributed by atoms with van der Waals surface area (Å²) in [5, 5.41) is 21.0. The minimum absolute atomic E-state index is 0.0642. The fourth-order valence-corrected chi connectivity index (χ4v) is 6.47. The van der Waals surface area contributed by atoms with E-state index in [2.05, 4.69) is 13.0 Å². The fourth-order valence-electron chi connectivity index (χ4n) is 6.47. The number of rotatable bonds is 3. The number of nitrogens with zero attached hydrogens (tertiary/aromatic N) is 1. The van der Waals surface area contributed by atoms with Crippen molar-refractivity contribution in [3.05, 3.63) is 29.3 Å². The lowest BCUT2D eigenvalue weighted by atomic mass is 9.55. The summed E-state index contributed by atoms with van der Waals surface area (Å²) in [5.74, 6) is 2.21. The number of benzene rings is 1. The average Bonchev–Trinajstić information content (AvgIpc) is 2.91. The maximum absolute atomic E-state index is 12.5. The second kappa shape index (κ2) is 6.80. The van der Waals surface area contributed by atoms with Crippen LogP contribution in [0.15, 0.2) is 18.2 Å². The molecule has 1 aromatic rings. The molecule has 3 aliphatic rings. The Morgan fingerprint density at radius 3 is 2.85 bits per heavy atom. The van der Waals surface area contributed by atoms with E-state index in [-0.39, 0.29) is 23.3 Å². The number of phenolic OH excluding ortho intramolecular Hbond substituents is 1. The van der Waals surface area contributed by atoms with Crippen LogP contribution in [0.2, 0.25) is 0 Å². The molecule has 2 N–H and O–H groups in total. The van der Waals surface area contributed by atoms with Crippen molar-refractivity contribution in [1.82, 2.24) is 4.90 Å². The Bertz CT molecular complexity index is 732. The van der Waals surface area contributed by atoms with E-state index in [1.807, 2.05) is 26.1 Å². The molecule has 1 amide bonds. The molecule has 0 radical (unpaired) electrons. The van der Waals surface area contributed by atoms with Crippen molar-refractivity contribution < 1.29 is 15.0 Å². The van der Waals surface area contributed by atoms with E-state index >= 15 is 0 Å². The van der Waals surface area contributed by atoms with Crippen molar-refractivity contribution in [2.45, 2.75) is 64.4 Å². The van der Waals surface area contributed by atoms with E-state index in [1.165, 1.54) is 11.1 Å². The predicted octanol–water partition coefficient (Wildman–Crippen LogP) is 3.70. The number of amides is 1. The molecule has 0 heterocycles. The van der Waals surface area contributed by atoms with Crippen molar-refractivity contribution in [3.63, 3.8) is 0 Å². The molecule has 2 saturated carbocycles. The van der Waals surface area contributed by atoms with E-state index in [9.17, 15) is 15.0 Å². The highest BCUT2D eigenvalue weighted by atomic mass is 16.3. The van der Waals surface area contributed by atoms with Crippen LogP contribution in [0.25, 0.3) is 0 Å². The van der Waals surface area contributed by atoms with Crippen LogP contribution in [0.5, 0.6) is 5.75 Å². The van der Waals surface area contributed by atoms with Crippen LogP contribution < -0.4 is 0 Å². The van der Waals surface area contributed by atoms with Crippen molar-refractivity contribution in [2.75, 3.05) is 13.6 Å². The van der Waals surface area contributed by atoms with Gasteiger partial charge in [0.25, 0.3) is 0 Å². The number of aryl methyl sites for hydroxylation is 1. The molecule has 1 unspecified atom stereocenters. The highest BCUT2D eigenvalue weighted by molar-refractivity contribution is 5.76. The Labute approximate surface area is 162 Å². The zero-order valence-corrected chi connectivity index (χ0v) is 16.8. The van der Waals surface area contributed by atoms with Crippen LogP contribution in [0.1, 0.15) is 63.0 Å². The van der Waals surface area contributed by atoms with Gasteiger partial charge in [-0.05, 0) is 91.4 Å². The zero-order valence-electron chi connectivity index (χ0n) is 16.8. The number of hydrogen-bond donors (Lipinski definition) is 2. The summed E-state index contributed by atoms with van der Waals surface area (Å²) in [6, 6.07) is 5.87. The number of carbonyl (C=O) groups excluding carboxylic acids is 1. The molecule has 3 aliphatic carbocycles. The van der Waals surface area contributed by atoms with Gasteiger partial charge in [-0.1, -0.05) is 13.0 Å². The minimum atomic E-state index is -0.376. The zero-order chi connectivity index (χ0) is 19.3. The molecule has 148 valence electrons. The third-order valence-corrected chi connectivity index (χ3v) is 8.16. The Morgan fingerprint density at radius 2 is 2.11 bits per heavy atom. The predicted molar refractivity (Wildman–Crippen MR) is 106 cm³/mol. The molecule has 27 heavy (non-hydrogen) atoms. The smallest absolute Gasteiger partial charge is 0.222 e. The summed E-state index contributed by atoms with van der Waals surface area (Å²) in [6.07, 6.45) is 5.32. The van der Waals surface area contributed by atoms with Gasteiger partial charge in [-0.25, -0.2) is 0 Å². The third-order valence-electron chi connectivity index (χ3n) is 8.16. The molecular formula is C23H33NO3. The summed E-state index contributed by atoms with van der Waals surface area (Å²) in [6.45, 7) is 4.97. The highest BCUT2D eigenvalue weighted by Crippen LogP contribution is 2.62. The number of aromatic hydroxyl groups is 1. The Hall–Kier alpha value is -1.55. The van der Waals surface area contributed by atoms with E-state index < -0.39 is 0 Å². The van der Waals surface area contributed by atoms with Crippen LogP contribution in [-0.2, 0) is 11.2 Å². The summed E-state index contributed by atoms with van der Waals surface area (Å²) in [4.78, 5) is 14.2. The van der Waals surface area contributed by atoms with Crippen molar-refractivity contribution in [2.24, 2.45) is 23.2 Å². The summed E-state index contributed by atoms with van der Waals surface area (Å²) < 4.78 is 0. The number of aliphatic hydroxyl groups excluding tert-OH is 1. The lowest BCUT2D eigenvalue weighted by Gasteiger charge is -2.50. The molecule has 4 rings (SSSR count). The van der Waals surface area contributed by atoms with Gasteiger partial charge in [0.2, 0.25) is 5.91 Å². The van der Waals surface area contributed by atoms with E-state index in [1.54, 1.807) is 4.90 Å². The molecule has 1 aromatic carbocycles. The monoisotopic (exact) mass is 371 g/mol. The molecule has 4 heteroatoms. The lowest BCUT2D eigenvalue weighted by molar-refractivity contribution is -0.131. The maximum atomic E-state index is 12.5. The fraction of sp³-hybridized carbons (Fsp3) is 0.696. The largest absolute Gasteiger partial charge is 0.508 e. The number of hydrogen-bond acceptors (Lipinski definition) is 3. The van der Waals surface area contributed by atoms with Crippen molar-refractivity contribution in [3.8, 4) is 5.75 Å². The van der Waals surface area contributed by atoms with Crippen molar-refractivity contribution in [1.29, 1.82) is 0 Å². The molecule has 0 saturated heterocycles. The average molecular weight is 372 g/mol. The van der Waals surface area contributed by atoms with Crippen molar-refractivity contribution >= 4 is 5.91 Å². The van der Waals surface area contributed by atoms with Gasteiger partial charge in [0, 0.05) is 20.0 Å². The first-order chi connectivity index (χ1) is 12.8. The summed E-state index contributed by atoms with van der Waals surface area (Å²) in [5.41, 5.74) is 2.64. The highest BCUT2D eigenvalue weighted by Gasteiger charge is 2.58. The van der Waals surface area contributed by atoms with Gasteiger partial charge in [0.1, 0.15) is 5.75 Å². The molecule has 0 bridgehead atoms. The number of phenols is 1. The molecule has 0 aliphatic heterocycles. The van der Waals surface area contributed by atoms with Gasteiger partial charge in [0.05, 0.1) is 6.10 Å². The molecule has 0 spiro atoms. The maximum Gasteiger partial charge on any atom is 0.222 e. The van der Waals surface area contributed by atoms with Crippen LogP contribution in [-0.4, -0.2) is 40.7 Å². The molecule has 6 atom stereocenters. The van der Waals surface area contributed by atoms with Gasteiger partial charge >= 0.3 is 0 Å². The second-order valence-electron chi connectivity index (χ2n) is 9.40. The number of fused-ring (bicyclic) bond motifs is 5. The van der Waals surface area contributed by atoms with E-state index in [0.717, 1.165) is 38.6 Å². The minimum Gasteiger partial charge on any atom is -0.508 e. The van der Waals surface area contributed by atoms with Gasteiger partial charge in [0.15, 0.2) is 0 Å². The normalized spacial score (nSPS) is 37.3. The first kappa shape index (κ1) is 18.8. The van der Waals surface area contributed by atoms with Crippen LogP contribution in [0.3, 0.4) is 0 Å². The quantitative estimate of drug-likeness (QED) is 0.852. The second-order valence-corrected chi connectivity index (χ2v) is 9.40.